The number of alkyl halides is 3. The number of rotatable bonds is 7. The number of fused-ring (bicyclic) bond motifs is 2. The molecule has 1 aliphatic heterocycles. The molecule has 0 bridgehead atoms. The van der Waals surface area contributed by atoms with Crippen LogP contribution in [-0.4, -0.2) is 46.7 Å². The lowest BCUT2D eigenvalue weighted by molar-refractivity contribution is -0.182. The molecule has 1 aromatic heterocycles. The molecule has 2 aliphatic carbocycles. The van der Waals surface area contributed by atoms with Gasteiger partial charge >= 0.3 is 6.18 Å². The van der Waals surface area contributed by atoms with Gasteiger partial charge in [-0.2, -0.15) is 13.2 Å². The average Bonchev–Trinajstić information content (AvgIpc) is 3.47. The first kappa shape index (κ1) is 32.7. The van der Waals surface area contributed by atoms with Gasteiger partial charge < -0.3 is 25.4 Å². The molecule has 2 atom stereocenters. The van der Waals surface area contributed by atoms with Crippen LogP contribution in [0.3, 0.4) is 0 Å². The molecule has 2 amide bonds. The van der Waals surface area contributed by atoms with Crippen molar-refractivity contribution >= 4 is 63.4 Å². The highest BCUT2D eigenvalue weighted by atomic mass is 35.5. The Morgan fingerprint density at radius 2 is 1.70 bits per heavy atom. The van der Waals surface area contributed by atoms with Crippen molar-refractivity contribution in [1.29, 1.82) is 0 Å². The summed E-state index contributed by atoms with van der Waals surface area (Å²) in [4.78, 5) is 33.2. The summed E-state index contributed by atoms with van der Waals surface area (Å²) in [5.74, 6) is -0.0239. The van der Waals surface area contributed by atoms with Crippen molar-refractivity contribution in [2.24, 2.45) is 30.2 Å². The van der Waals surface area contributed by atoms with Crippen molar-refractivity contribution in [2.75, 3.05) is 23.3 Å². The van der Waals surface area contributed by atoms with Gasteiger partial charge in [0.1, 0.15) is 0 Å². The number of amides is 2. The van der Waals surface area contributed by atoms with E-state index in [1.807, 2.05) is 38.5 Å². The zero-order valence-electron chi connectivity index (χ0n) is 26.3. The summed E-state index contributed by atoms with van der Waals surface area (Å²) >= 11 is 13.3. The molecular weight excluding hydrogens is 640 g/mol. The van der Waals surface area contributed by atoms with E-state index in [-0.39, 0.29) is 37.2 Å². The van der Waals surface area contributed by atoms with Crippen LogP contribution in [0.25, 0.3) is 11.0 Å². The molecule has 13 heteroatoms. The van der Waals surface area contributed by atoms with Crippen LogP contribution in [0.5, 0.6) is 0 Å². The topological polar surface area (TPSA) is 91.3 Å². The third-order valence-electron chi connectivity index (χ3n) is 9.62. The minimum Gasteiger partial charge on any atom is -0.370 e. The number of carbonyl (C=O) groups is 2. The van der Waals surface area contributed by atoms with Crippen molar-refractivity contribution in [2.45, 2.75) is 71.6 Å². The van der Waals surface area contributed by atoms with Gasteiger partial charge in [0.15, 0.2) is 0 Å². The second-order valence-corrected chi connectivity index (χ2v) is 14.8. The highest BCUT2D eigenvalue weighted by Gasteiger charge is 2.46. The third-order valence-corrected chi connectivity index (χ3v) is 10.4. The van der Waals surface area contributed by atoms with E-state index < -0.39 is 17.5 Å². The molecule has 0 spiro atoms. The molecule has 3 N–H and O–H groups in total. The summed E-state index contributed by atoms with van der Waals surface area (Å²) < 4.78 is 41.5. The van der Waals surface area contributed by atoms with Gasteiger partial charge in [-0.25, -0.2) is 4.98 Å². The van der Waals surface area contributed by atoms with E-state index in [0.717, 1.165) is 24.3 Å². The van der Waals surface area contributed by atoms with Crippen molar-refractivity contribution in [3.05, 3.63) is 45.4 Å². The Bertz CT molecular complexity index is 1670. The van der Waals surface area contributed by atoms with E-state index in [4.69, 9.17) is 28.2 Å². The monoisotopic (exact) mass is 678 g/mol. The fraction of sp³-hybridized carbons (Fsp3) is 0.545. The molecule has 0 radical (unpaired) electrons. The fourth-order valence-electron chi connectivity index (χ4n) is 6.60. The van der Waals surface area contributed by atoms with E-state index in [2.05, 4.69) is 20.9 Å². The molecule has 8 nitrogen and oxygen atoms in total. The Morgan fingerprint density at radius 3 is 2.33 bits per heavy atom. The van der Waals surface area contributed by atoms with Gasteiger partial charge in [-0.15, -0.1) is 0 Å². The summed E-state index contributed by atoms with van der Waals surface area (Å²) in [5, 5.41) is 9.92. The van der Waals surface area contributed by atoms with Crippen LogP contribution in [0.15, 0.2) is 24.3 Å². The molecule has 2 saturated carbocycles. The number of nitrogens with one attached hydrogen (secondary N) is 3. The lowest BCUT2D eigenvalue weighted by Crippen LogP contribution is -2.40. The first-order chi connectivity index (χ1) is 21.6. The Labute approximate surface area is 276 Å². The molecule has 1 saturated heterocycles. The second-order valence-electron chi connectivity index (χ2n) is 14.0. The van der Waals surface area contributed by atoms with Gasteiger partial charge in [0, 0.05) is 38.1 Å². The van der Waals surface area contributed by atoms with Crippen LogP contribution in [-0.2, 0) is 18.4 Å². The Kier molecular flexibility index (Phi) is 8.63. The van der Waals surface area contributed by atoms with Gasteiger partial charge in [-0.3, -0.25) is 9.59 Å². The largest absolute Gasteiger partial charge is 0.391 e. The van der Waals surface area contributed by atoms with Crippen LogP contribution in [0, 0.1) is 23.2 Å². The highest BCUT2D eigenvalue weighted by Crippen LogP contribution is 2.47. The summed E-state index contributed by atoms with van der Waals surface area (Å²) in [6.07, 6.45) is -2.39. The molecule has 2 aromatic carbocycles. The van der Waals surface area contributed by atoms with E-state index in [0.29, 0.717) is 63.0 Å². The lowest BCUT2D eigenvalue weighted by atomic mass is 9.85. The maximum Gasteiger partial charge on any atom is 0.391 e. The quantitative estimate of drug-likeness (QED) is 0.240. The predicted octanol–water partition coefficient (Wildman–Crippen LogP) is 7.59. The van der Waals surface area contributed by atoms with E-state index in [1.165, 1.54) is 6.42 Å². The van der Waals surface area contributed by atoms with Crippen molar-refractivity contribution < 1.29 is 22.8 Å². The molecule has 2 heterocycles. The number of halogens is 5. The van der Waals surface area contributed by atoms with Gasteiger partial charge in [0.05, 0.1) is 43.9 Å². The van der Waals surface area contributed by atoms with Gasteiger partial charge in [0.25, 0.3) is 5.91 Å². The Balaban J connectivity index is 1.27. The number of imidazole rings is 1. The van der Waals surface area contributed by atoms with Crippen LogP contribution < -0.4 is 20.9 Å². The zero-order valence-corrected chi connectivity index (χ0v) is 27.8. The van der Waals surface area contributed by atoms with Gasteiger partial charge in [0.2, 0.25) is 11.9 Å². The zero-order chi connectivity index (χ0) is 33.1. The maximum absolute atomic E-state index is 13.7. The van der Waals surface area contributed by atoms with Gasteiger partial charge in [-0.1, -0.05) is 50.0 Å². The van der Waals surface area contributed by atoms with Crippen LogP contribution in [0.1, 0.15) is 68.8 Å². The van der Waals surface area contributed by atoms with E-state index in [9.17, 15) is 22.8 Å². The Morgan fingerprint density at radius 1 is 1.02 bits per heavy atom. The molecule has 3 fully saturated rings. The number of anilines is 3. The molecule has 248 valence electrons. The average molecular weight is 680 g/mol. The fourth-order valence-corrected chi connectivity index (χ4v) is 7.14. The van der Waals surface area contributed by atoms with Crippen molar-refractivity contribution in [3.63, 3.8) is 0 Å². The third kappa shape index (κ3) is 6.63. The smallest absolute Gasteiger partial charge is 0.370 e. The number of aromatic nitrogens is 2. The number of aryl methyl sites for hydroxylation is 1. The number of nitrogens with zero attached hydrogens (tertiary/aromatic N) is 3. The maximum atomic E-state index is 13.7. The normalized spacial score (nSPS) is 22.9. The molecule has 3 aliphatic rings. The number of benzene rings is 2. The number of hydrogen-bond donors (Lipinski definition) is 3. The van der Waals surface area contributed by atoms with Crippen LogP contribution >= 0.6 is 23.2 Å². The predicted molar refractivity (Wildman–Crippen MR) is 175 cm³/mol. The van der Waals surface area contributed by atoms with E-state index >= 15 is 0 Å². The van der Waals surface area contributed by atoms with Gasteiger partial charge in [-0.05, 0) is 67.7 Å². The standard InChI is InChI=1S/C33H39Cl2F3N6O2/c1-32(2,3)30(46)39-14-17-5-10-23(34)28(27(17)35)42-31-41-24-12-22(29(45)40-21-8-6-20(7-9-21)33(36,37)38)25(13-26(24)43(31)4)44-15-18-11-19(18)16-44/h5,10,12-13,18-21H,6-9,11,14-16H2,1-4H3,(H,39,46)(H,40,45)(H,41,42). The summed E-state index contributed by atoms with van der Waals surface area (Å²) in [6, 6.07) is 6.89. The lowest BCUT2D eigenvalue weighted by Gasteiger charge is -2.31. The first-order valence-corrected chi connectivity index (χ1v) is 16.5. The Hall–Kier alpha value is -3.18. The SMILES string of the molecule is Cn1c(Nc2c(Cl)ccc(CNC(=O)C(C)(C)C)c2Cl)nc2cc(C(=O)NC3CCC(C(F)(F)F)CC3)c(N3CC4CC4C3)cc21. The number of piperidine rings is 1. The molecule has 2 unspecified atom stereocenters. The second kappa shape index (κ2) is 12.1. The molecule has 46 heavy (non-hydrogen) atoms. The van der Waals surface area contributed by atoms with Crippen LogP contribution in [0.2, 0.25) is 10.0 Å². The highest BCUT2D eigenvalue weighted by molar-refractivity contribution is 6.39. The minimum absolute atomic E-state index is 0.0143. The molecule has 3 aromatic rings. The minimum atomic E-state index is -4.20. The van der Waals surface area contributed by atoms with Crippen molar-refractivity contribution in [3.8, 4) is 0 Å². The summed E-state index contributed by atoms with van der Waals surface area (Å²) in [7, 11) is 1.86. The van der Waals surface area contributed by atoms with Crippen LogP contribution in [0.4, 0.5) is 30.5 Å². The number of carbonyl (C=O) groups excluding carboxylic acids is 2. The first-order valence-electron chi connectivity index (χ1n) is 15.8. The number of hydrogen-bond acceptors (Lipinski definition) is 5. The summed E-state index contributed by atoms with van der Waals surface area (Å²) in [6.45, 7) is 7.45. The molecular formula is C33H39Cl2F3N6O2. The summed E-state index contributed by atoms with van der Waals surface area (Å²) in [5.41, 5.74) is 3.20. The van der Waals surface area contributed by atoms with E-state index in [1.54, 1.807) is 18.2 Å². The molecule has 6 rings (SSSR count). The van der Waals surface area contributed by atoms with Crippen molar-refractivity contribution in [1.82, 2.24) is 20.2 Å².